The molecule has 2 heterocycles. The van der Waals surface area contributed by atoms with Crippen LogP contribution in [-0.2, 0) is 26.0 Å². The summed E-state index contributed by atoms with van der Waals surface area (Å²) >= 11 is 0.978. The van der Waals surface area contributed by atoms with E-state index in [2.05, 4.69) is 4.72 Å². The minimum Gasteiger partial charge on any atom is -0.481 e. The number of ether oxygens (including phenoxy) is 1. The van der Waals surface area contributed by atoms with E-state index in [9.17, 15) is 13.2 Å². The van der Waals surface area contributed by atoms with Gasteiger partial charge in [-0.2, -0.15) is 0 Å². The van der Waals surface area contributed by atoms with Crippen molar-refractivity contribution in [2.45, 2.75) is 29.5 Å². The highest BCUT2D eigenvalue weighted by atomic mass is 32.2. The number of carbonyl (C=O) groups is 1. The lowest BCUT2D eigenvalue weighted by atomic mass is 10.0. The quantitative estimate of drug-likeness (QED) is 0.840. The SMILES string of the molecule is CC1(NS(=O)(=O)c2ccc(CC(=O)O)s2)CCOC1. The molecule has 1 aromatic rings. The van der Waals surface area contributed by atoms with Crippen molar-refractivity contribution in [2.24, 2.45) is 0 Å². The molecule has 8 heteroatoms. The number of sulfonamides is 1. The van der Waals surface area contributed by atoms with Crippen LogP contribution in [0, 0.1) is 0 Å². The molecule has 0 spiro atoms. The monoisotopic (exact) mass is 305 g/mol. The van der Waals surface area contributed by atoms with E-state index in [1.54, 1.807) is 6.92 Å². The second kappa shape index (κ2) is 5.20. The number of thiophene rings is 1. The average molecular weight is 305 g/mol. The summed E-state index contributed by atoms with van der Waals surface area (Å²) in [7, 11) is -3.62. The number of carboxylic acids is 1. The van der Waals surface area contributed by atoms with E-state index in [0.29, 0.717) is 24.5 Å². The van der Waals surface area contributed by atoms with Gasteiger partial charge in [-0.1, -0.05) is 0 Å². The van der Waals surface area contributed by atoms with E-state index in [4.69, 9.17) is 9.84 Å². The Hall–Kier alpha value is -0.960. The van der Waals surface area contributed by atoms with Gasteiger partial charge in [-0.3, -0.25) is 4.79 Å². The Bertz CT molecular complexity index is 572. The number of rotatable bonds is 5. The fourth-order valence-corrected chi connectivity index (χ4v) is 4.64. The maximum Gasteiger partial charge on any atom is 0.308 e. The molecule has 19 heavy (non-hydrogen) atoms. The highest BCUT2D eigenvalue weighted by Crippen LogP contribution is 2.26. The van der Waals surface area contributed by atoms with Crippen LogP contribution in [0.25, 0.3) is 0 Å². The van der Waals surface area contributed by atoms with Crippen molar-refractivity contribution >= 4 is 27.3 Å². The minimum absolute atomic E-state index is 0.136. The van der Waals surface area contributed by atoms with Gasteiger partial charge in [-0.25, -0.2) is 13.1 Å². The van der Waals surface area contributed by atoms with Crippen LogP contribution >= 0.6 is 11.3 Å². The summed E-state index contributed by atoms with van der Waals surface area (Å²) in [6.45, 7) is 2.68. The molecule has 106 valence electrons. The molecule has 1 saturated heterocycles. The van der Waals surface area contributed by atoms with E-state index < -0.39 is 21.5 Å². The Morgan fingerprint density at radius 2 is 2.32 bits per heavy atom. The predicted molar refractivity (Wildman–Crippen MR) is 69.8 cm³/mol. The first-order valence-corrected chi connectivity index (χ1v) is 8.03. The summed E-state index contributed by atoms with van der Waals surface area (Å²) in [4.78, 5) is 11.1. The molecular formula is C11H15NO5S2. The van der Waals surface area contributed by atoms with E-state index in [1.165, 1.54) is 12.1 Å². The van der Waals surface area contributed by atoms with E-state index in [-0.39, 0.29) is 10.6 Å². The zero-order valence-electron chi connectivity index (χ0n) is 10.4. The van der Waals surface area contributed by atoms with Gasteiger partial charge in [0.1, 0.15) is 4.21 Å². The molecule has 1 aliphatic heterocycles. The van der Waals surface area contributed by atoms with Crippen molar-refractivity contribution in [1.82, 2.24) is 4.72 Å². The highest BCUT2D eigenvalue weighted by molar-refractivity contribution is 7.91. The standard InChI is InChI=1S/C11H15NO5S2/c1-11(4-5-17-7-11)12-19(15,16)10-3-2-8(18-10)6-9(13)14/h2-3,12H,4-7H2,1H3,(H,13,14). The lowest BCUT2D eigenvalue weighted by Crippen LogP contribution is -2.46. The summed E-state index contributed by atoms with van der Waals surface area (Å²) in [5.41, 5.74) is -0.588. The summed E-state index contributed by atoms with van der Waals surface area (Å²) < 4.78 is 32.3. The van der Waals surface area contributed by atoms with Crippen LogP contribution in [0.1, 0.15) is 18.2 Å². The molecule has 0 aliphatic carbocycles. The zero-order chi connectivity index (χ0) is 14.1. The Kier molecular flexibility index (Phi) is 3.95. The van der Waals surface area contributed by atoms with Crippen molar-refractivity contribution in [3.05, 3.63) is 17.0 Å². The molecule has 2 rings (SSSR count). The van der Waals surface area contributed by atoms with Crippen LogP contribution in [0.3, 0.4) is 0 Å². The molecule has 0 bridgehead atoms. The average Bonchev–Trinajstić information content (AvgIpc) is 2.86. The molecular weight excluding hydrogens is 290 g/mol. The highest BCUT2D eigenvalue weighted by Gasteiger charge is 2.35. The minimum atomic E-state index is -3.62. The van der Waals surface area contributed by atoms with Crippen molar-refractivity contribution < 1.29 is 23.1 Å². The summed E-state index contributed by atoms with van der Waals surface area (Å²) in [6.07, 6.45) is 0.458. The number of nitrogens with one attached hydrogen (secondary N) is 1. The van der Waals surface area contributed by atoms with Crippen LogP contribution in [0.15, 0.2) is 16.3 Å². The number of hydrogen-bond acceptors (Lipinski definition) is 5. The van der Waals surface area contributed by atoms with E-state index in [0.717, 1.165) is 11.3 Å². The molecule has 2 N–H and O–H groups in total. The topological polar surface area (TPSA) is 92.7 Å². The maximum atomic E-state index is 12.2. The van der Waals surface area contributed by atoms with E-state index in [1.807, 2.05) is 0 Å². The zero-order valence-corrected chi connectivity index (χ0v) is 12.0. The number of carboxylic acid groups (broad SMARTS) is 1. The Labute approximate surface area is 115 Å². The van der Waals surface area contributed by atoms with Gasteiger partial charge in [0.05, 0.1) is 18.6 Å². The van der Waals surface area contributed by atoms with Gasteiger partial charge >= 0.3 is 5.97 Å². The fourth-order valence-electron chi connectivity index (χ4n) is 1.87. The molecule has 1 atom stereocenters. The maximum absolute atomic E-state index is 12.2. The van der Waals surface area contributed by atoms with Gasteiger partial charge in [0.25, 0.3) is 10.0 Å². The van der Waals surface area contributed by atoms with E-state index >= 15 is 0 Å². The third kappa shape index (κ3) is 3.53. The molecule has 0 saturated carbocycles. The van der Waals surface area contributed by atoms with Crippen LogP contribution in [0.4, 0.5) is 0 Å². The molecule has 0 aromatic carbocycles. The van der Waals surface area contributed by atoms with Crippen LogP contribution < -0.4 is 4.72 Å². The second-order valence-electron chi connectivity index (χ2n) is 4.76. The van der Waals surface area contributed by atoms with Gasteiger partial charge in [0, 0.05) is 11.5 Å². The number of aliphatic carboxylic acids is 1. The summed E-state index contributed by atoms with van der Waals surface area (Å²) in [6, 6.07) is 2.96. The van der Waals surface area contributed by atoms with Gasteiger partial charge in [0.15, 0.2) is 0 Å². The lowest BCUT2D eigenvalue weighted by molar-refractivity contribution is -0.136. The first kappa shape index (κ1) is 14.4. The lowest BCUT2D eigenvalue weighted by Gasteiger charge is -2.22. The van der Waals surface area contributed by atoms with Crippen molar-refractivity contribution in [3.63, 3.8) is 0 Å². The third-order valence-electron chi connectivity index (χ3n) is 2.83. The van der Waals surface area contributed by atoms with Gasteiger partial charge in [-0.15, -0.1) is 11.3 Å². The smallest absolute Gasteiger partial charge is 0.308 e. The molecule has 1 aliphatic rings. The van der Waals surface area contributed by atoms with Gasteiger partial charge in [-0.05, 0) is 25.5 Å². The van der Waals surface area contributed by atoms with Crippen LogP contribution in [0.2, 0.25) is 0 Å². The molecule has 6 nitrogen and oxygen atoms in total. The van der Waals surface area contributed by atoms with Crippen molar-refractivity contribution in [1.29, 1.82) is 0 Å². The largest absolute Gasteiger partial charge is 0.481 e. The van der Waals surface area contributed by atoms with Crippen molar-refractivity contribution in [2.75, 3.05) is 13.2 Å². The number of hydrogen-bond donors (Lipinski definition) is 2. The fraction of sp³-hybridized carbons (Fsp3) is 0.545. The molecule has 0 amide bonds. The van der Waals surface area contributed by atoms with Crippen molar-refractivity contribution in [3.8, 4) is 0 Å². The second-order valence-corrected chi connectivity index (χ2v) is 7.84. The normalized spacial score (nSPS) is 23.6. The summed E-state index contributed by atoms with van der Waals surface area (Å²) in [5.74, 6) is -0.977. The van der Waals surface area contributed by atoms with Crippen LogP contribution in [0.5, 0.6) is 0 Å². The molecule has 1 unspecified atom stereocenters. The third-order valence-corrected chi connectivity index (χ3v) is 6.04. The molecule has 1 fully saturated rings. The first-order valence-electron chi connectivity index (χ1n) is 5.73. The van der Waals surface area contributed by atoms with Gasteiger partial charge in [0.2, 0.25) is 0 Å². The summed E-state index contributed by atoms with van der Waals surface area (Å²) in [5, 5.41) is 8.67. The molecule has 1 aromatic heterocycles. The molecule has 0 radical (unpaired) electrons. The Morgan fingerprint density at radius 1 is 1.58 bits per heavy atom. The first-order chi connectivity index (χ1) is 8.81. The Balaban J connectivity index is 2.15. The predicted octanol–water partition coefficient (Wildman–Crippen LogP) is 0.833. The Morgan fingerprint density at radius 3 is 2.89 bits per heavy atom. The van der Waals surface area contributed by atoms with Crippen LogP contribution in [-0.4, -0.2) is 38.2 Å². The van der Waals surface area contributed by atoms with Gasteiger partial charge < -0.3 is 9.84 Å².